The largest absolute Gasteiger partial charge is 0.380 e. The van der Waals surface area contributed by atoms with Crippen LogP contribution >= 0.6 is 0 Å². The summed E-state index contributed by atoms with van der Waals surface area (Å²) in [4.78, 5) is 27.5. The molecule has 19 heavy (non-hydrogen) atoms. The Morgan fingerprint density at radius 1 is 1.37 bits per heavy atom. The number of amides is 2. The molecule has 2 fully saturated rings. The van der Waals surface area contributed by atoms with E-state index < -0.39 is 0 Å². The first-order valence-electron chi connectivity index (χ1n) is 6.90. The van der Waals surface area contributed by atoms with Crippen LogP contribution < -0.4 is 5.32 Å². The molecule has 2 unspecified atom stereocenters. The maximum absolute atomic E-state index is 12.2. The highest BCUT2D eigenvalue weighted by molar-refractivity contribution is 5.87. The van der Waals surface area contributed by atoms with Crippen molar-refractivity contribution in [1.29, 1.82) is 0 Å². The van der Waals surface area contributed by atoms with Crippen LogP contribution in [0.4, 0.5) is 0 Å². The molecule has 0 aromatic rings. The molecule has 0 bridgehead atoms. The minimum Gasteiger partial charge on any atom is -0.380 e. The molecule has 6 heteroatoms. The quantitative estimate of drug-likeness (QED) is 0.743. The number of hydrogen-bond acceptors (Lipinski definition) is 4. The Bertz CT molecular complexity index is 342. The van der Waals surface area contributed by atoms with Gasteiger partial charge in [0.2, 0.25) is 11.8 Å². The lowest BCUT2D eigenvalue weighted by atomic mass is 10.2. The molecule has 108 valence electrons. The molecular weight excluding hydrogens is 246 g/mol. The van der Waals surface area contributed by atoms with E-state index in [0.29, 0.717) is 13.0 Å². The van der Waals surface area contributed by atoms with E-state index in [2.05, 4.69) is 5.32 Å². The van der Waals surface area contributed by atoms with Gasteiger partial charge in [-0.25, -0.2) is 0 Å². The molecular formula is C13H23N3O3. The second-order valence-electron chi connectivity index (χ2n) is 5.34. The Morgan fingerprint density at radius 2 is 2.05 bits per heavy atom. The molecule has 0 aromatic carbocycles. The second kappa shape index (κ2) is 6.34. The summed E-state index contributed by atoms with van der Waals surface area (Å²) in [6.07, 6.45) is 2.92. The predicted molar refractivity (Wildman–Crippen MR) is 70.7 cm³/mol. The van der Waals surface area contributed by atoms with Crippen LogP contribution in [0.5, 0.6) is 0 Å². The molecule has 2 atom stereocenters. The lowest BCUT2D eigenvalue weighted by molar-refractivity contribution is -0.139. The van der Waals surface area contributed by atoms with E-state index in [0.717, 1.165) is 25.9 Å². The van der Waals surface area contributed by atoms with E-state index in [9.17, 15) is 9.59 Å². The fraction of sp³-hybridized carbons (Fsp3) is 0.846. The number of nitrogens with one attached hydrogen (secondary N) is 1. The number of nitrogens with zero attached hydrogens (tertiary/aromatic N) is 2. The van der Waals surface area contributed by atoms with Crippen molar-refractivity contribution in [2.45, 2.75) is 31.4 Å². The SMILES string of the molecule is COC1CNC(C(=O)N(C)CC(=O)N2CCCC2)C1. The van der Waals surface area contributed by atoms with Gasteiger partial charge in [0.1, 0.15) is 0 Å². The summed E-state index contributed by atoms with van der Waals surface area (Å²) in [6, 6.07) is -0.221. The Balaban J connectivity index is 1.80. The van der Waals surface area contributed by atoms with Gasteiger partial charge < -0.3 is 19.9 Å². The van der Waals surface area contributed by atoms with Gasteiger partial charge in [-0.2, -0.15) is 0 Å². The molecule has 2 saturated heterocycles. The van der Waals surface area contributed by atoms with Gasteiger partial charge in [0.25, 0.3) is 0 Å². The number of hydrogen-bond donors (Lipinski definition) is 1. The van der Waals surface area contributed by atoms with Crippen LogP contribution in [0.25, 0.3) is 0 Å². The summed E-state index contributed by atoms with van der Waals surface area (Å²) in [5.74, 6) is 0.0294. The third-order valence-corrected chi connectivity index (χ3v) is 3.93. The Kier molecular flexibility index (Phi) is 4.76. The average Bonchev–Trinajstić information content (AvgIpc) is 3.08. The lowest BCUT2D eigenvalue weighted by Gasteiger charge is -2.23. The number of carbonyl (C=O) groups excluding carboxylic acids is 2. The van der Waals surface area contributed by atoms with Crippen molar-refractivity contribution >= 4 is 11.8 Å². The van der Waals surface area contributed by atoms with Gasteiger partial charge in [0.15, 0.2) is 0 Å². The van der Waals surface area contributed by atoms with Crippen molar-refractivity contribution in [2.75, 3.05) is 40.3 Å². The van der Waals surface area contributed by atoms with Gasteiger partial charge in [0, 0.05) is 33.8 Å². The first kappa shape index (κ1) is 14.3. The van der Waals surface area contributed by atoms with Crippen molar-refractivity contribution < 1.29 is 14.3 Å². The number of likely N-dealkylation sites (tertiary alicyclic amines) is 1. The summed E-state index contributed by atoms with van der Waals surface area (Å²) < 4.78 is 5.23. The van der Waals surface area contributed by atoms with E-state index >= 15 is 0 Å². The molecule has 6 nitrogen and oxygen atoms in total. The number of rotatable bonds is 4. The molecule has 0 radical (unpaired) electrons. The Hall–Kier alpha value is -1.14. The van der Waals surface area contributed by atoms with Crippen molar-refractivity contribution in [3.63, 3.8) is 0 Å². The molecule has 0 saturated carbocycles. The highest BCUT2D eigenvalue weighted by Crippen LogP contribution is 2.12. The maximum Gasteiger partial charge on any atom is 0.242 e. The summed E-state index contributed by atoms with van der Waals surface area (Å²) in [6.45, 7) is 2.53. The van der Waals surface area contributed by atoms with Crippen molar-refractivity contribution in [3.05, 3.63) is 0 Å². The van der Waals surface area contributed by atoms with E-state index in [1.165, 1.54) is 4.90 Å². The zero-order valence-electron chi connectivity index (χ0n) is 11.7. The highest BCUT2D eigenvalue weighted by atomic mass is 16.5. The fourth-order valence-electron chi connectivity index (χ4n) is 2.68. The first-order chi connectivity index (χ1) is 9.11. The molecule has 0 spiro atoms. The average molecular weight is 269 g/mol. The van der Waals surface area contributed by atoms with Gasteiger partial charge in [-0.1, -0.05) is 0 Å². The van der Waals surface area contributed by atoms with E-state index in [1.54, 1.807) is 14.2 Å². The summed E-state index contributed by atoms with van der Waals surface area (Å²) in [7, 11) is 3.35. The smallest absolute Gasteiger partial charge is 0.242 e. The van der Waals surface area contributed by atoms with Gasteiger partial charge in [0.05, 0.1) is 18.7 Å². The number of likely N-dealkylation sites (N-methyl/N-ethyl adjacent to an activating group) is 1. The van der Waals surface area contributed by atoms with Crippen LogP contribution in [0, 0.1) is 0 Å². The van der Waals surface area contributed by atoms with Gasteiger partial charge in [-0.05, 0) is 19.3 Å². The fourth-order valence-corrected chi connectivity index (χ4v) is 2.68. The molecule has 0 aromatic heterocycles. The molecule has 2 rings (SSSR count). The van der Waals surface area contributed by atoms with Crippen molar-refractivity contribution in [1.82, 2.24) is 15.1 Å². The van der Waals surface area contributed by atoms with Crippen LogP contribution in [0.2, 0.25) is 0 Å². The summed E-state index contributed by atoms with van der Waals surface area (Å²) >= 11 is 0. The van der Waals surface area contributed by atoms with E-state index in [1.807, 2.05) is 4.90 Å². The minimum atomic E-state index is -0.221. The Labute approximate surface area is 114 Å². The minimum absolute atomic E-state index is 0.0212. The number of carbonyl (C=O) groups is 2. The zero-order chi connectivity index (χ0) is 13.8. The maximum atomic E-state index is 12.2. The van der Waals surface area contributed by atoms with E-state index in [-0.39, 0.29) is 30.5 Å². The molecule has 0 aliphatic carbocycles. The summed E-state index contributed by atoms with van der Waals surface area (Å²) in [5.41, 5.74) is 0. The monoisotopic (exact) mass is 269 g/mol. The van der Waals surface area contributed by atoms with Crippen LogP contribution in [0.3, 0.4) is 0 Å². The molecule has 2 aliphatic heterocycles. The van der Waals surface area contributed by atoms with E-state index in [4.69, 9.17) is 4.74 Å². The topological polar surface area (TPSA) is 61.9 Å². The first-order valence-corrected chi connectivity index (χ1v) is 6.90. The van der Waals surface area contributed by atoms with Crippen LogP contribution in [0.15, 0.2) is 0 Å². The highest BCUT2D eigenvalue weighted by Gasteiger charge is 2.32. The normalized spacial score (nSPS) is 26.7. The second-order valence-corrected chi connectivity index (χ2v) is 5.34. The van der Waals surface area contributed by atoms with Crippen molar-refractivity contribution in [2.24, 2.45) is 0 Å². The lowest BCUT2D eigenvalue weighted by Crippen LogP contribution is -2.46. The number of methoxy groups -OCH3 is 1. The predicted octanol–water partition coefficient (Wildman–Crippen LogP) is -0.556. The van der Waals surface area contributed by atoms with Gasteiger partial charge in [-0.15, -0.1) is 0 Å². The van der Waals surface area contributed by atoms with Crippen molar-refractivity contribution in [3.8, 4) is 0 Å². The standard InChI is InChI=1S/C13H23N3O3/c1-15(9-12(17)16-5-3-4-6-16)13(18)11-7-10(19-2)8-14-11/h10-11,14H,3-9H2,1-2H3. The number of ether oxygens (including phenoxy) is 1. The Morgan fingerprint density at radius 3 is 2.63 bits per heavy atom. The molecule has 1 N–H and O–H groups in total. The summed E-state index contributed by atoms with van der Waals surface area (Å²) in [5, 5.41) is 3.14. The third kappa shape index (κ3) is 3.45. The van der Waals surface area contributed by atoms with Gasteiger partial charge in [-0.3, -0.25) is 9.59 Å². The molecule has 2 amide bonds. The van der Waals surface area contributed by atoms with Crippen LogP contribution in [-0.2, 0) is 14.3 Å². The van der Waals surface area contributed by atoms with Crippen LogP contribution in [0.1, 0.15) is 19.3 Å². The zero-order valence-corrected chi connectivity index (χ0v) is 11.7. The van der Waals surface area contributed by atoms with Gasteiger partial charge >= 0.3 is 0 Å². The van der Waals surface area contributed by atoms with Crippen LogP contribution in [-0.4, -0.2) is 74.1 Å². The molecule has 2 heterocycles. The third-order valence-electron chi connectivity index (χ3n) is 3.93. The molecule has 2 aliphatic rings.